The number of rotatable bonds is 6. The van der Waals surface area contributed by atoms with E-state index >= 15 is 0 Å². The van der Waals surface area contributed by atoms with Gasteiger partial charge in [0.25, 0.3) is 0 Å². The second-order valence-corrected chi connectivity index (χ2v) is 4.17. The third kappa shape index (κ3) is 3.30. The number of H-pyrrole nitrogens is 1. The third-order valence-electron chi connectivity index (χ3n) is 2.70. The summed E-state index contributed by atoms with van der Waals surface area (Å²) in [7, 11) is 0. The summed E-state index contributed by atoms with van der Waals surface area (Å²) in [6.07, 6.45) is 2.39. The predicted octanol–water partition coefficient (Wildman–Crippen LogP) is 1.92. The molecule has 5 nitrogen and oxygen atoms in total. The Labute approximate surface area is 105 Å². The van der Waals surface area contributed by atoms with Crippen molar-refractivity contribution in [3.63, 3.8) is 0 Å². The standard InChI is InChI=1S/C13H17N3O2/c1-2-3-8-14-9-10-4-6-11(7-5-10)12-15-13(17)18-16-12/h4-7,14H,2-3,8-9H2,1H3,(H,15,16,17). The molecule has 18 heavy (non-hydrogen) atoms. The van der Waals surface area contributed by atoms with Crippen LogP contribution >= 0.6 is 0 Å². The number of unbranched alkanes of at least 4 members (excludes halogenated alkanes) is 1. The van der Waals surface area contributed by atoms with E-state index in [9.17, 15) is 4.79 Å². The zero-order chi connectivity index (χ0) is 12.8. The fourth-order valence-electron chi connectivity index (χ4n) is 1.67. The Bertz CT molecular complexity index is 528. The van der Waals surface area contributed by atoms with Gasteiger partial charge in [0.05, 0.1) is 0 Å². The van der Waals surface area contributed by atoms with Crippen molar-refractivity contribution >= 4 is 0 Å². The average molecular weight is 247 g/mol. The first-order valence-corrected chi connectivity index (χ1v) is 6.15. The first-order valence-electron chi connectivity index (χ1n) is 6.15. The van der Waals surface area contributed by atoms with E-state index in [1.807, 2.05) is 24.3 Å². The maximum Gasteiger partial charge on any atom is 0.439 e. The molecule has 0 saturated carbocycles. The van der Waals surface area contributed by atoms with Crippen molar-refractivity contribution in [2.45, 2.75) is 26.3 Å². The van der Waals surface area contributed by atoms with Gasteiger partial charge in [-0.1, -0.05) is 42.8 Å². The molecule has 0 amide bonds. The van der Waals surface area contributed by atoms with E-state index in [4.69, 9.17) is 0 Å². The van der Waals surface area contributed by atoms with Gasteiger partial charge in [0, 0.05) is 12.1 Å². The van der Waals surface area contributed by atoms with Crippen LogP contribution < -0.4 is 11.1 Å². The maximum atomic E-state index is 10.8. The molecule has 2 N–H and O–H groups in total. The van der Waals surface area contributed by atoms with Crippen molar-refractivity contribution < 1.29 is 4.52 Å². The van der Waals surface area contributed by atoms with Gasteiger partial charge in [-0.05, 0) is 18.5 Å². The Morgan fingerprint density at radius 3 is 2.72 bits per heavy atom. The van der Waals surface area contributed by atoms with Gasteiger partial charge < -0.3 is 5.32 Å². The summed E-state index contributed by atoms with van der Waals surface area (Å²) in [6, 6.07) is 7.87. The van der Waals surface area contributed by atoms with Gasteiger partial charge in [0.15, 0.2) is 5.82 Å². The van der Waals surface area contributed by atoms with Crippen molar-refractivity contribution in [3.05, 3.63) is 40.4 Å². The molecular formula is C13H17N3O2. The molecule has 0 spiro atoms. The molecule has 0 aliphatic rings. The van der Waals surface area contributed by atoms with Crippen LogP contribution in [0.15, 0.2) is 33.6 Å². The average Bonchev–Trinajstić information content (AvgIpc) is 2.82. The molecule has 1 aromatic carbocycles. The normalized spacial score (nSPS) is 10.7. The Morgan fingerprint density at radius 1 is 1.33 bits per heavy atom. The Balaban J connectivity index is 1.95. The molecule has 0 bridgehead atoms. The van der Waals surface area contributed by atoms with Gasteiger partial charge in [-0.3, -0.25) is 9.51 Å². The number of nitrogens with zero attached hydrogens (tertiary/aromatic N) is 1. The molecule has 1 aromatic heterocycles. The van der Waals surface area contributed by atoms with Crippen LogP contribution in [0.3, 0.4) is 0 Å². The maximum absolute atomic E-state index is 10.8. The molecule has 0 radical (unpaired) electrons. The van der Waals surface area contributed by atoms with E-state index in [1.165, 1.54) is 18.4 Å². The number of hydrogen-bond acceptors (Lipinski definition) is 4. The molecule has 0 atom stereocenters. The highest BCUT2D eigenvalue weighted by atomic mass is 16.5. The van der Waals surface area contributed by atoms with E-state index in [1.54, 1.807) is 0 Å². The summed E-state index contributed by atoms with van der Waals surface area (Å²) in [5, 5.41) is 7.02. The van der Waals surface area contributed by atoms with Crippen LogP contribution in [0.1, 0.15) is 25.3 Å². The molecule has 1 heterocycles. The van der Waals surface area contributed by atoms with Crippen LogP contribution in [0.4, 0.5) is 0 Å². The predicted molar refractivity (Wildman–Crippen MR) is 69.2 cm³/mol. The van der Waals surface area contributed by atoms with Crippen LogP contribution in [0.5, 0.6) is 0 Å². The zero-order valence-corrected chi connectivity index (χ0v) is 10.4. The molecule has 5 heteroatoms. The summed E-state index contributed by atoms with van der Waals surface area (Å²) in [5.41, 5.74) is 2.05. The minimum atomic E-state index is -0.532. The molecule has 0 unspecified atom stereocenters. The van der Waals surface area contributed by atoms with Gasteiger partial charge in [-0.2, -0.15) is 0 Å². The zero-order valence-electron chi connectivity index (χ0n) is 10.4. The second kappa shape index (κ2) is 6.16. The number of nitrogens with one attached hydrogen (secondary N) is 2. The molecule has 2 aromatic rings. The molecule has 0 fully saturated rings. The molecular weight excluding hydrogens is 230 g/mol. The summed E-state index contributed by atoms with van der Waals surface area (Å²) < 4.78 is 4.47. The molecule has 96 valence electrons. The smallest absolute Gasteiger partial charge is 0.313 e. The van der Waals surface area contributed by atoms with Gasteiger partial charge >= 0.3 is 5.76 Å². The van der Waals surface area contributed by atoms with E-state index in [2.05, 4.69) is 26.9 Å². The van der Waals surface area contributed by atoms with Crippen LogP contribution in [0.25, 0.3) is 11.4 Å². The lowest BCUT2D eigenvalue weighted by Gasteiger charge is -2.04. The first kappa shape index (κ1) is 12.6. The highest BCUT2D eigenvalue weighted by Gasteiger charge is 2.03. The minimum Gasteiger partial charge on any atom is -0.313 e. The van der Waals surface area contributed by atoms with Crippen molar-refractivity contribution in [3.8, 4) is 11.4 Å². The SMILES string of the molecule is CCCCNCc1ccc(-c2noc(=O)[nH]2)cc1. The van der Waals surface area contributed by atoms with Crippen LogP contribution in [0, 0.1) is 0 Å². The monoisotopic (exact) mass is 247 g/mol. The summed E-state index contributed by atoms with van der Waals surface area (Å²) in [5.74, 6) is -0.0687. The fourth-order valence-corrected chi connectivity index (χ4v) is 1.67. The lowest BCUT2D eigenvalue weighted by Crippen LogP contribution is -2.14. The molecule has 0 aliphatic carbocycles. The molecule has 0 saturated heterocycles. The third-order valence-corrected chi connectivity index (χ3v) is 2.70. The Morgan fingerprint density at radius 2 is 2.11 bits per heavy atom. The largest absolute Gasteiger partial charge is 0.439 e. The highest BCUT2D eigenvalue weighted by Crippen LogP contribution is 2.13. The Hall–Kier alpha value is -1.88. The van der Waals surface area contributed by atoms with Crippen molar-refractivity contribution in [1.82, 2.24) is 15.5 Å². The van der Waals surface area contributed by atoms with Crippen molar-refractivity contribution in [2.75, 3.05) is 6.54 Å². The van der Waals surface area contributed by atoms with Gasteiger partial charge in [-0.25, -0.2) is 4.79 Å². The van der Waals surface area contributed by atoms with Gasteiger partial charge in [-0.15, -0.1) is 0 Å². The minimum absolute atomic E-state index is 0.463. The topological polar surface area (TPSA) is 70.9 Å². The number of hydrogen-bond donors (Lipinski definition) is 2. The van der Waals surface area contributed by atoms with Crippen LogP contribution in [-0.4, -0.2) is 16.7 Å². The van der Waals surface area contributed by atoms with Crippen molar-refractivity contribution in [1.29, 1.82) is 0 Å². The number of aromatic amines is 1. The Kier molecular flexibility index (Phi) is 4.30. The van der Waals surface area contributed by atoms with E-state index in [-0.39, 0.29) is 0 Å². The fraction of sp³-hybridized carbons (Fsp3) is 0.385. The number of aromatic nitrogens is 2. The molecule has 2 rings (SSSR count). The van der Waals surface area contributed by atoms with Crippen LogP contribution in [0.2, 0.25) is 0 Å². The van der Waals surface area contributed by atoms with Gasteiger partial charge in [0.2, 0.25) is 0 Å². The lowest BCUT2D eigenvalue weighted by atomic mass is 10.1. The summed E-state index contributed by atoms with van der Waals surface area (Å²) in [4.78, 5) is 13.4. The first-order chi connectivity index (χ1) is 8.79. The van der Waals surface area contributed by atoms with E-state index in [0.29, 0.717) is 5.82 Å². The lowest BCUT2D eigenvalue weighted by molar-refractivity contribution is 0.388. The second-order valence-electron chi connectivity index (χ2n) is 4.17. The van der Waals surface area contributed by atoms with Gasteiger partial charge in [0.1, 0.15) is 0 Å². The van der Waals surface area contributed by atoms with Crippen molar-refractivity contribution in [2.24, 2.45) is 0 Å². The number of benzene rings is 1. The van der Waals surface area contributed by atoms with E-state index in [0.717, 1.165) is 18.7 Å². The van der Waals surface area contributed by atoms with Crippen LogP contribution in [-0.2, 0) is 6.54 Å². The highest BCUT2D eigenvalue weighted by molar-refractivity contribution is 5.54. The summed E-state index contributed by atoms with van der Waals surface area (Å²) in [6.45, 7) is 4.07. The quantitative estimate of drug-likeness (QED) is 0.765. The summed E-state index contributed by atoms with van der Waals surface area (Å²) >= 11 is 0. The van der Waals surface area contributed by atoms with E-state index < -0.39 is 5.76 Å². The molecule has 0 aliphatic heterocycles.